The number of esters is 1. The SMILES string of the molecule is CSc1cccc(N2C[C@H](C(=O)O[C@@H](C(=O)NC(N)=O)C(C)C)CC2=O)c1. The van der Waals surface area contributed by atoms with Gasteiger partial charge in [0, 0.05) is 23.5 Å². The van der Waals surface area contributed by atoms with Crippen LogP contribution in [0, 0.1) is 11.8 Å². The average Bonchev–Trinajstić information content (AvgIpc) is 3.00. The number of carbonyl (C=O) groups excluding carboxylic acids is 4. The molecule has 1 heterocycles. The third-order valence-corrected chi connectivity index (χ3v) is 4.90. The Bertz CT molecular complexity index is 752. The van der Waals surface area contributed by atoms with E-state index in [1.54, 1.807) is 30.5 Å². The summed E-state index contributed by atoms with van der Waals surface area (Å²) in [5.41, 5.74) is 5.66. The molecule has 8 nitrogen and oxygen atoms in total. The van der Waals surface area contributed by atoms with Crippen molar-refractivity contribution in [3.05, 3.63) is 24.3 Å². The van der Waals surface area contributed by atoms with Crippen molar-refractivity contribution in [2.24, 2.45) is 17.6 Å². The summed E-state index contributed by atoms with van der Waals surface area (Å²) in [5, 5.41) is 1.92. The number of nitrogens with zero attached hydrogens (tertiary/aromatic N) is 1. The summed E-state index contributed by atoms with van der Waals surface area (Å²) < 4.78 is 5.29. The van der Waals surface area contributed by atoms with Gasteiger partial charge in [-0.15, -0.1) is 11.8 Å². The molecule has 1 aromatic rings. The summed E-state index contributed by atoms with van der Waals surface area (Å²) in [5.74, 6) is -2.65. The summed E-state index contributed by atoms with van der Waals surface area (Å²) >= 11 is 1.56. The van der Waals surface area contributed by atoms with Gasteiger partial charge in [0.1, 0.15) is 0 Å². The number of benzene rings is 1. The van der Waals surface area contributed by atoms with Crippen molar-refractivity contribution in [1.82, 2.24) is 5.32 Å². The van der Waals surface area contributed by atoms with Gasteiger partial charge in [0.05, 0.1) is 5.92 Å². The smallest absolute Gasteiger partial charge is 0.318 e. The van der Waals surface area contributed by atoms with E-state index in [9.17, 15) is 19.2 Å². The molecule has 1 saturated heterocycles. The van der Waals surface area contributed by atoms with Crippen molar-refractivity contribution in [2.75, 3.05) is 17.7 Å². The molecule has 0 saturated carbocycles. The Morgan fingerprint density at radius 3 is 2.63 bits per heavy atom. The molecule has 2 atom stereocenters. The fourth-order valence-corrected chi connectivity index (χ4v) is 3.25. The number of nitrogens with two attached hydrogens (primary N) is 1. The quantitative estimate of drug-likeness (QED) is 0.559. The zero-order valence-corrected chi connectivity index (χ0v) is 16.2. The first-order valence-electron chi connectivity index (χ1n) is 8.48. The molecule has 4 amide bonds. The first-order chi connectivity index (χ1) is 12.7. The minimum absolute atomic E-state index is 0.00455. The van der Waals surface area contributed by atoms with Crippen molar-refractivity contribution >= 4 is 41.3 Å². The normalized spacial score (nSPS) is 17.7. The Morgan fingerprint density at radius 2 is 2.04 bits per heavy atom. The minimum atomic E-state index is -1.16. The summed E-state index contributed by atoms with van der Waals surface area (Å²) in [4.78, 5) is 50.3. The number of hydrogen-bond acceptors (Lipinski definition) is 6. The van der Waals surface area contributed by atoms with Crippen LogP contribution in [0.25, 0.3) is 0 Å². The second-order valence-electron chi connectivity index (χ2n) is 6.56. The molecule has 0 bridgehead atoms. The maximum absolute atomic E-state index is 12.5. The van der Waals surface area contributed by atoms with Gasteiger partial charge in [-0.05, 0) is 30.4 Å². The van der Waals surface area contributed by atoms with Gasteiger partial charge >= 0.3 is 12.0 Å². The van der Waals surface area contributed by atoms with Crippen LogP contribution in [0.15, 0.2) is 29.2 Å². The van der Waals surface area contributed by atoms with Crippen LogP contribution in [0.2, 0.25) is 0 Å². The van der Waals surface area contributed by atoms with E-state index >= 15 is 0 Å². The largest absolute Gasteiger partial charge is 0.452 e. The maximum Gasteiger partial charge on any atom is 0.318 e. The van der Waals surface area contributed by atoms with Crippen molar-refractivity contribution in [1.29, 1.82) is 0 Å². The molecule has 1 aliphatic heterocycles. The van der Waals surface area contributed by atoms with Gasteiger partial charge in [0.25, 0.3) is 5.91 Å². The zero-order chi connectivity index (χ0) is 20.1. The van der Waals surface area contributed by atoms with E-state index in [0.717, 1.165) is 4.90 Å². The topological polar surface area (TPSA) is 119 Å². The first kappa shape index (κ1) is 20.8. The predicted octanol–water partition coefficient (Wildman–Crippen LogP) is 1.52. The highest BCUT2D eigenvalue weighted by Crippen LogP contribution is 2.29. The molecule has 0 spiro atoms. The molecule has 3 N–H and O–H groups in total. The molecule has 0 radical (unpaired) electrons. The van der Waals surface area contributed by atoms with E-state index in [2.05, 4.69) is 0 Å². The highest BCUT2D eigenvalue weighted by atomic mass is 32.2. The summed E-state index contributed by atoms with van der Waals surface area (Å²) in [6.07, 6.45) is 0.785. The molecule has 0 unspecified atom stereocenters. The molecule has 1 fully saturated rings. The van der Waals surface area contributed by atoms with E-state index in [0.29, 0.717) is 5.69 Å². The van der Waals surface area contributed by atoms with Crippen LogP contribution in [-0.4, -0.2) is 42.7 Å². The molecular weight excluding hydrogens is 370 g/mol. The molecule has 1 aromatic carbocycles. The van der Waals surface area contributed by atoms with Crippen LogP contribution in [0.1, 0.15) is 20.3 Å². The van der Waals surface area contributed by atoms with Crippen LogP contribution >= 0.6 is 11.8 Å². The third kappa shape index (κ3) is 5.22. The number of hydrogen-bond donors (Lipinski definition) is 2. The summed E-state index contributed by atoms with van der Waals surface area (Å²) in [6, 6.07) is 6.46. The van der Waals surface area contributed by atoms with Gasteiger partial charge in [-0.25, -0.2) is 4.79 Å². The van der Waals surface area contributed by atoms with Crippen molar-refractivity contribution in [2.45, 2.75) is 31.3 Å². The Balaban J connectivity index is 2.07. The molecule has 1 aliphatic rings. The van der Waals surface area contributed by atoms with Crippen LogP contribution < -0.4 is 16.0 Å². The number of imide groups is 1. The van der Waals surface area contributed by atoms with Gasteiger partial charge < -0.3 is 15.4 Å². The van der Waals surface area contributed by atoms with Crippen molar-refractivity contribution < 1.29 is 23.9 Å². The van der Waals surface area contributed by atoms with Crippen LogP contribution in [0.4, 0.5) is 10.5 Å². The summed E-state index contributed by atoms with van der Waals surface area (Å²) in [6.45, 7) is 3.54. The van der Waals surface area contributed by atoms with E-state index in [1.807, 2.05) is 35.8 Å². The minimum Gasteiger partial charge on any atom is -0.452 e. The van der Waals surface area contributed by atoms with Crippen molar-refractivity contribution in [3.8, 4) is 0 Å². The predicted molar refractivity (Wildman–Crippen MR) is 101 cm³/mol. The Labute approximate surface area is 161 Å². The van der Waals surface area contributed by atoms with Crippen LogP contribution in [0.5, 0.6) is 0 Å². The first-order valence-corrected chi connectivity index (χ1v) is 9.70. The standard InChI is InChI=1S/C18H23N3O5S/c1-10(2)15(16(23)20-18(19)25)26-17(24)11-7-14(22)21(9-11)12-5-4-6-13(8-12)27-3/h4-6,8,10-11,15H,7,9H2,1-3H3,(H3,19,20,23,25)/t11-,15-/m1/s1. The Kier molecular flexibility index (Phi) is 6.84. The molecule has 2 rings (SSSR count). The number of nitrogens with one attached hydrogen (secondary N) is 1. The molecule has 146 valence electrons. The lowest BCUT2D eigenvalue weighted by Crippen LogP contribution is -2.46. The van der Waals surface area contributed by atoms with Crippen molar-refractivity contribution in [3.63, 3.8) is 0 Å². The lowest BCUT2D eigenvalue weighted by Gasteiger charge is -2.22. The number of primary amides is 1. The van der Waals surface area contributed by atoms with Gasteiger partial charge in [-0.3, -0.25) is 19.7 Å². The number of ether oxygens (including phenoxy) is 1. The molecule has 0 aliphatic carbocycles. The number of anilines is 1. The van der Waals surface area contributed by atoms with Crippen LogP contribution in [0.3, 0.4) is 0 Å². The fraction of sp³-hybridized carbons (Fsp3) is 0.444. The summed E-state index contributed by atoms with van der Waals surface area (Å²) in [7, 11) is 0. The molecular formula is C18H23N3O5S. The van der Waals surface area contributed by atoms with Gasteiger partial charge in [-0.1, -0.05) is 19.9 Å². The van der Waals surface area contributed by atoms with E-state index < -0.39 is 29.9 Å². The number of rotatable bonds is 6. The van der Waals surface area contributed by atoms with Gasteiger partial charge in [0.15, 0.2) is 6.10 Å². The number of carbonyl (C=O) groups is 4. The lowest BCUT2D eigenvalue weighted by molar-refractivity contribution is -0.161. The monoisotopic (exact) mass is 393 g/mol. The molecule has 9 heteroatoms. The highest BCUT2D eigenvalue weighted by Gasteiger charge is 2.38. The third-order valence-electron chi connectivity index (χ3n) is 4.18. The number of urea groups is 1. The average molecular weight is 393 g/mol. The van der Waals surface area contributed by atoms with Crippen LogP contribution in [-0.2, 0) is 19.1 Å². The zero-order valence-electron chi connectivity index (χ0n) is 15.4. The number of amides is 4. The van der Waals surface area contributed by atoms with E-state index in [1.165, 1.54) is 0 Å². The second-order valence-corrected chi connectivity index (χ2v) is 7.44. The second kappa shape index (κ2) is 8.90. The Hall–Kier alpha value is -2.55. The molecule has 27 heavy (non-hydrogen) atoms. The van der Waals surface area contributed by atoms with Gasteiger partial charge in [-0.2, -0.15) is 0 Å². The fourth-order valence-electron chi connectivity index (χ4n) is 2.80. The number of thioether (sulfide) groups is 1. The highest BCUT2D eigenvalue weighted by molar-refractivity contribution is 7.98. The van der Waals surface area contributed by atoms with E-state index in [4.69, 9.17) is 10.5 Å². The Morgan fingerprint density at radius 1 is 1.33 bits per heavy atom. The lowest BCUT2D eigenvalue weighted by atomic mass is 10.1. The maximum atomic E-state index is 12.5. The van der Waals surface area contributed by atoms with Gasteiger partial charge in [0.2, 0.25) is 5.91 Å². The van der Waals surface area contributed by atoms with E-state index in [-0.39, 0.29) is 24.8 Å². The molecule has 0 aromatic heterocycles.